The minimum atomic E-state index is -0.0469. The van der Waals surface area contributed by atoms with Gasteiger partial charge in [-0.1, -0.05) is 29.8 Å². The average Bonchev–Trinajstić information content (AvgIpc) is 3.16. The van der Waals surface area contributed by atoms with E-state index in [0.717, 1.165) is 35.6 Å². The Hall–Kier alpha value is -2.69. The van der Waals surface area contributed by atoms with Gasteiger partial charge >= 0.3 is 0 Å². The number of aryl methyl sites for hydroxylation is 1. The standard InChI is InChI=1S/C25H28N4O/c1-16-2-4-20(5-3-16)22-6-7-26-23-21(14-28-29(22)23)24(30)27-15-25-11-17-8-18(12-25)10-19(9-17)13-25/h2-7,14,17-19H,8-13,15H2,1H3,(H,27,30). The maximum atomic E-state index is 13.1. The van der Waals surface area contributed by atoms with E-state index in [0.29, 0.717) is 16.6 Å². The van der Waals surface area contributed by atoms with Crippen LogP contribution < -0.4 is 5.32 Å². The van der Waals surface area contributed by atoms with E-state index in [-0.39, 0.29) is 5.91 Å². The molecule has 0 atom stereocenters. The molecule has 3 aromatic rings. The zero-order chi connectivity index (χ0) is 20.3. The maximum absolute atomic E-state index is 13.1. The van der Waals surface area contributed by atoms with Crippen molar-refractivity contribution >= 4 is 11.6 Å². The van der Waals surface area contributed by atoms with Gasteiger partial charge in [-0.05, 0) is 74.7 Å². The van der Waals surface area contributed by atoms with Gasteiger partial charge in [0.05, 0.1) is 11.9 Å². The molecule has 1 aromatic carbocycles. The number of carbonyl (C=O) groups excluding carboxylic acids is 1. The van der Waals surface area contributed by atoms with Crippen LogP contribution >= 0.6 is 0 Å². The van der Waals surface area contributed by atoms with Gasteiger partial charge in [-0.15, -0.1) is 0 Å². The van der Waals surface area contributed by atoms with Gasteiger partial charge in [0.15, 0.2) is 5.65 Å². The zero-order valence-electron chi connectivity index (χ0n) is 17.5. The quantitative estimate of drug-likeness (QED) is 0.693. The maximum Gasteiger partial charge on any atom is 0.256 e. The first-order valence-corrected chi connectivity index (χ1v) is 11.3. The average molecular weight is 401 g/mol. The van der Waals surface area contributed by atoms with Crippen LogP contribution in [-0.2, 0) is 0 Å². The van der Waals surface area contributed by atoms with Gasteiger partial charge < -0.3 is 5.32 Å². The Balaban J connectivity index is 1.25. The Morgan fingerprint density at radius 2 is 1.73 bits per heavy atom. The van der Waals surface area contributed by atoms with E-state index in [4.69, 9.17) is 0 Å². The summed E-state index contributed by atoms with van der Waals surface area (Å²) in [6.45, 7) is 2.87. The molecule has 4 bridgehead atoms. The molecule has 154 valence electrons. The third-order valence-corrected chi connectivity index (χ3v) is 7.78. The summed E-state index contributed by atoms with van der Waals surface area (Å²) in [5.74, 6) is 2.63. The number of rotatable bonds is 4. The van der Waals surface area contributed by atoms with Crippen LogP contribution in [0, 0.1) is 30.1 Å². The van der Waals surface area contributed by atoms with Crippen molar-refractivity contribution in [3.63, 3.8) is 0 Å². The lowest BCUT2D eigenvalue weighted by atomic mass is 9.49. The molecule has 2 heterocycles. The Morgan fingerprint density at radius 1 is 1.07 bits per heavy atom. The van der Waals surface area contributed by atoms with Crippen molar-refractivity contribution in [1.29, 1.82) is 0 Å². The molecule has 4 saturated carbocycles. The van der Waals surface area contributed by atoms with Gasteiger partial charge in [-0.2, -0.15) is 5.10 Å². The summed E-state index contributed by atoms with van der Waals surface area (Å²) < 4.78 is 1.78. The summed E-state index contributed by atoms with van der Waals surface area (Å²) in [5.41, 5.74) is 4.74. The first kappa shape index (κ1) is 18.1. The van der Waals surface area contributed by atoms with E-state index in [1.807, 2.05) is 6.07 Å². The summed E-state index contributed by atoms with van der Waals surface area (Å²) in [6.07, 6.45) is 11.6. The second kappa shape index (κ2) is 6.66. The summed E-state index contributed by atoms with van der Waals surface area (Å²) >= 11 is 0. The summed E-state index contributed by atoms with van der Waals surface area (Å²) in [5, 5.41) is 7.78. The fourth-order valence-electron chi connectivity index (χ4n) is 6.86. The molecule has 0 radical (unpaired) electrons. The summed E-state index contributed by atoms with van der Waals surface area (Å²) in [6, 6.07) is 10.3. The Kier molecular flexibility index (Phi) is 4.02. The molecule has 0 unspecified atom stereocenters. The highest BCUT2D eigenvalue weighted by atomic mass is 16.1. The lowest BCUT2D eigenvalue weighted by Gasteiger charge is -2.56. The highest BCUT2D eigenvalue weighted by Crippen LogP contribution is 2.59. The molecule has 5 nitrogen and oxygen atoms in total. The molecular weight excluding hydrogens is 372 g/mol. The van der Waals surface area contributed by atoms with Gasteiger partial charge in [0.2, 0.25) is 0 Å². The van der Waals surface area contributed by atoms with Crippen molar-refractivity contribution < 1.29 is 4.79 Å². The molecule has 30 heavy (non-hydrogen) atoms. The van der Waals surface area contributed by atoms with E-state index in [9.17, 15) is 4.79 Å². The predicted molar refractivity (Wildman–Crippen MR) is 116 cm³/mol. The van der Waals surface area contributed by atoms with Gasteiger partial charge in [0.25, 0.3) is 5.91 Å². The molecule has 0 spiro atoms. The van der Waals surface area contributed by atoms with Crippen molar-refractivity contribution in [3.05, 3.63) is 53.9 Å². The van der Waals surface area contributed by atoms with Crippen molar-refractivity contribution in [1.82, 2.24) is 19.9 Å². The number of hydrogen-bond donors (Lipinski definition) is 1. The molecule has 7 rings (SSSR count). The third-order valence-electron chi connectivity index (χ3n) is 7.78. The third kappa shape index (κ3) is 2.94. The van der Waals surface area contributed by atoms with Gasteiger partial charge in [-0.3, -0.25) is 4.79 Å². The highest BCUT2D eigenvalue weighted by Gasteiger charge is 2.50. The van der Waals surface area contributed by atoms with Crippen molar-refractivity contribution in [2.45, 2.75) is 45.4 Å². The number of benzene rings is 1. The number of nitrogens with zero attached hydrogens (tertiary/aromatic N) is 3. The van der Waals surface area contributed by atoms with E-state index >= 15 is 0 Å². The lowest BCUT2D eigenvalue weighted by molar-refractivity contribution is -0.0503. The monoisotopic (exact) mass is 400 g/mol. The van der Waals surface area contributed by atoms with Gasteiger partial charge in [0, 0.05) is 18.3 Å². The van der Waals surface area contributed by atoms with Crippen LogP contribution in [-0.4, -0.2) is 27.0 Å². The zero-order valence-corrected chi connectivity index (χ0v) is 17.5. The molecule has 0 aliphatic heterocycles. The van der Waals surface area contributed by atoms with Crippen LogP contribution in [0.15, 0.2) is 42.7 Å². The SMILES string of the molecule is Cc1ccc(-c2ccnc3c(C(=O)NCC45CC6CC(CC(C6)C4)C5)cnn23)cc1. The first-order valence-electron chi connectivity index (χ1n) is 11.3. The van der Waals surface area contributed by atoms with Crippen LogP contribution in [0.25, 0.3) is 16.9 Å². The number of nitrogens with one attached hydrogen (secondary N) is 1. The number of fused-ring (bicyclic) bond motifs is 1. The van der Waals surface area contributed by atoms with Crippen molar-refractivity contribution in [2.24, 2.45) is 23.2 Å². The largest absolute Gasteiger partial charge is 0.351 e. The predicted octanol–water partition coefficient (Wildman–Crippen LogP) is 4.65. The fourth-order valence-corrected chi connectivity index (χ4v) is 6.86. The molecule has 4 fully saturated rings. The molecule has 0 saturated heterocycles. The molecule has 1 N–H and O–H groups in total. The smallest absolute Gasteiger partial charge is 0.256 e. The molecule has 4 aliphatic rings. The number of hydrogen-bond acceptors (Lipinski definition) is 3. The fraction of sp³-hybridized carbons (Fsp3) is 0.480. The van der Waals surface area contributed by atoms with Crippen molar-refractivity contribution in [2.75, 3.05) is 6.54 Å². The number of amides is 1. The normalized spacial score (nSPS) is 29.4. The first-order chi connectivity index (χ1) is 14.6. The van der Waals surface area contributed by atoms with E-state index < -0.39 is 0 Å². The van der Waals surface area contributed by atoms with Gasteiger partial charge in [0.1, 0.15) is 5.56 Å². The van der Waals surface area contributed by atoms with Crippen LogP contribution in [0.4, 0.5) is 0 Å². The van der Waals surface area contributed by atoms with Gasteiger partial charge in [-0.25, -0.2) is 9.50 Å². The summed E-state index contributed by atoms with van der Waals surface area (Å²) in [7, 11) is 0. The Labute approximate surface area is 176 Å². The van der Waals surface area contributed by atoms with E-state index in [1.54, 1.807) is 16.9 Å². The number of carbonyl (C=O) groups is 1. The van der Waals surface area contributed by atoms with E-state index in [2.05, 4.69) is 46.6 Å². The van der Waals surface area contributed by atoms with E-state index in [1.165, 1.54) is 44.1 Å². The lowest BCUT2D eigenvalue weighted by Crippen LogP contribution is -2.51. The second-order valence-electron chi connectivity index (χ2n) is 10.1. The van der Waals surface area contributed by atoms with Crippen LogP contribution in [0.5, 0.6) is 0 Å². The Bertz CT molecular complexity index is 1080. The molecule has 1 amide bonds. The summed E-state index contributed by atoms with van der Waals surface area (Å²) in [4.78, 5) is 17.6. The molecule has 2 aromatic heterocycles. The topological polar surface area (TPSA) is 59.3 Å². The highest BCUT2D eigenvalue weighted by molar-refractivity contribution is 5.99. The number of aromatic nitrogens is 3. The molecular formula is C25H28N4O. The van der Waals surface area contributed by atoms with Crippen LogP contribution in [0.1, 0.15) is 54.4 Å². The minimum Gasteiger partial charge on any atom is -0.351 e. The molecule has 5 heteroatoms. The minimum absolute atomic E-state index is 0.0469. The molecule has 4 aliphatic carbocycles. The van der Waals surface area contributed by atoms with Crippen LogP contribution in [0.3, 0.4) is 0 Å². The second-order valence-corrected chi connectivity index (χ2v) is 10.1. The van der Waals surface area contributed by atoms with Crippen molar-refractivity contribution in [3.8, 4) is 11.3 Å². The van der Waals surface area contributed by atoms with Crippen LogP contribution in [0.2, 0.25) is 0 Å². The Morgan fingerprint density at radius 3 is 2.40 bits per heavy atom.